The van der Waals surface area contributed by atoms with Gasteiger partial charge in [-0.15, -0.1) is 0 Å². The maximum atomic E-state index is 11.9. The third-order valence-electron chi connectivity index (χ3n) is 3.06. The molecule has 2 aromatic heterocycles. The molecule has 116 valence electrons. The van der Waals surface area contributed by atoms with E-state index in [1.807, 2.05) is 12.1 Å². The highest BCUT2D eigenvalue weighted by Crippen LogP contribution is 2.15. The molecular formula is C16H13ClN4O2. The molecule has 0 spiro atoms. The molecule has 0 fully saturated rings. The zero-order valence-corrected chi connectivity index (χ0v) is 12.8. The first-order valence-electron chi connectivity index (χ1n) is 7.00. The fourth-order valence-corrected chi connectivity index (χ4v) is 2.06. The Morgan fingerprint density at radius 3 is 2.74 bits per heavy atom. The number of halogens is 1. The lowest BCUT2D eigenvalue weighted by Crippen LogP contribution is -2.12. The van der Waals surface area contributed by atoms with Crippen molar-refractivity contribution in [2.24, 2.45) is 0 Å². The minimum atomic E-state index is -0.134. The Labute approximate surface area is 137 Å². The van der Waals surface area contributed by atoms with Crippen LogP contribution in [0.4, 0.5) is 5.69 Å². The molecule has 6 nitrogen and oxygen atoms in total. The lowest BCUT2D eigenvalue weighted by atomic mass is 10.2. The molecule has 0 saturated carbocycles. The van der Waals surface area contributed by atoms with Gasteiger partial charge in [0.15, 0.2) is 0 Å². The van der Waals surface area contributed by atoms with E-state index in [0.717, 1.165) is 0 Å². The van der Waals surface area contributed by atoms with Gasteiger partial charge in [-0.2, -0.15) is 4.98 Å². The van der Waals surface area contributed by atoms with Gasteiger partial charge in [-0.3, -0.25) is 9.78 Å². The molecular weight excluding hydrogens is 316 g/mol. The van der Waals surface area contributed by atoms with Gasteiger partial charge < -0.3 is 9.84 Å². The molecule has 23 heavy (non-hydrogen) atoms. The number of nitrogens with one attached hydrogen (secondary N) is 1. The lowest BCUT2D eigenvalue weighted by molar-refractivity contribution is -0.116. The fourth-order valence-electron chi connectivity index (χ4n) is 1.93. The topological polar surface area (TPSA) is 80.9 Å². The van der Waals surface area contributed by atoms with E-state index >= 15 is 0 Å². The van der Waals surface area contributed by atoms with Crippen molar-refractivity contribution < 1.29 is 9.32 Å². The van der Waals surface area contributed by atoms with Gasteiger partial charge in [0.05, 0.1) is 0 Å². The molecule has 0 aliphatic carbocycles. The third kappa shape index (κ3) is 4.14. The summed E-state index contributed by atoms with van der Waals surface area (Å²) >= 11 is 5.80. The molecule has 7 heteroatoms. The van der Waals surface area contributed by atoms with E-state index in [0.29, 0.717) is 34.5 Å². The van der Waals surface area contributed by atoms with Crippen LogP contribution in [-0.2, 0) is 11.2 Å². The molecule has 0 aliphatic rings. The molecule has 3 rings (SSSR count). The predicted molar refractivity (Wildman–Crippen MR) is 85.9 cm³/mol. The van der Waals surface area contributed by atoms with Gasteiger partial charge in [-0.05, 0) is 36.4 Å². The third-order valence-corrected chi connectivity index (χ3v) is 3.31. The first kappa shape index (κ1) is 15.2. The Balaban J connectivity index is 1.55. The second kappa shape index (κ2) is 7.02. The molecule has 0 saturated heterocycles. The summed E-state index contributed by atoms with van der Waals surface area (Å²) in [6.45, 7) is 0. The summed E-state index contributed by atoms with van der Waals surface area (Å²) < 4.78 is 5.14. The predicted octanol–water partition coefficient (Wildman–Crippen LogP) is 3.36. The number of hydrogen-bond donors (Lipinski definition) is 1. The number of aryl methyl sites for hydroxylation is 1. The lowest BCUT2D eigenvalue weighted by Gasteiger charge is -2.03. The van der Waals surface area contributed by atoms with Crippen LogP contribution in [0.1, 0.15) is 12.3 Å². The Morgan fingerprint density at radius 2 is 2.00 bits per heavy atom. The van der Waals surface area contributed by atoms with Crippen molar-refractivity contribution in [1.82, 2.24) is 15.1 Å². The molecule has 3 aromatic rings. The average molecular weight is 329 g/mol. The summed E-state index contributed by atoms with van der Waals surface area (Å²) in [6, 6.07) is 12.4. The normalized spacial score (nSPS) is 10.5. The van der Waals surface area contributed by atoms with Crippen LogP contribution < -0.4 is 5.32 Å². The van der Waals surface area contributed by atoms with Gasteiger partial charge in [-0.25, -0.2) is 0 Å². The van der Waals surface area contributed by atoms with Gasteiger partial charge in [0.1, 0.15) is 5.69 Å². The molecule has 2 heterocycles. The molecule has 0 unspecified atom stereocenters. The number of rotatable bonds is 5. The molecule has 0 atom stereocenters. The average Bonchev–Trinajstić information content (AvgIpc) is 3.05. The number of amides is 1. The van der Waals surface area contributed by atoms with Gasteiger partial charge in [0.2, 0.25) is 17.6 Å². The number of nitrogens with zero attached hydrogens (tertiary/aromatic N) is 3. The Hall–Kier alpha value is -2.73. The maximum Gasteiger partial charge on any atom is 0.227 e. The van der Waals surface area contributed by atoms with Crippen molar-refractivity contribution in [2.75, 3.05) is 5.32 Å². The number of hydrogen-bond acceptors (Lipinski definition) is 5. The van der Waals surface area contributed by atoms with Gasteiger partial charge in [0.25, 0.3) is 0 Å². The zero-order valence-electron chi connectivity index (χ0n) is 12.1. The Morgan fingerprint density at radius 1 is 1.17 bits per heavy atom. The van der Waals surface area contributed by atoms with E-state index in [2.05, 4.69) is 20.4 Å². The summed E-state index contributed by atoms with van der Waals surface area (Å²) in [5.41, 5.74) is 1.33. The van der Waals surface area contributed by atoms with Crippen molar-refractivity contribution in [3.05, 3.63) is 59.6 Å². The zero-order chi connectivity index (χ0) is 16.1. The monoisotopic (exact) mass is 328 g/mol. The molecule has 0 bridgehead atoms. The van der Waals surface area contributed by atoms with Crippen LogP contribution in [0, 0.1) is 0 Å². The molecule has 1 N–H and O–H groups in total. The van der Waals surface area contributed by atoms with Crippen LogP contribution in [0.2, 0.25) is 5.02 Å². The van der Waals surface area contributed by atoms with Crippen LogP contribution in [0.3, 0.4) is 0 Å². The van der Waals surface area contributed by atoms with E-state index in [1.165, 1.54) is 0 Å². The van der Waals surface area contributed by atoms with Crippen molar-refractivity contribution in [1.29, 1.82) is 0 Å². The number of benzene rings is 1. The smallest absolute Gasteiger partial charge is 0.227 e. The van der Waals surface area contributed by atoms with E-state index < -0.39 is 0 Å². The second-order valence-corrected chi connectivity index (χ2v) is 5.22. The van der Waals surface area contributed by atoms with Crippen LogP contribution in [0.5, 0.6) is 0 Å². The SMILES string of the molecule is O=C(CCc1nc(-c2ccccn2)no1)Nc1ccc(Cl)cc1. The van der Waals surface area contributed by atoms with Crippen LogP contribution in [-0.4, -0.2) is 21.0 Å². The summed E-state index contributed by atoms with van der Waals surface area (Å²) in [5.74, 6) is 0.681. The van der Waals surface area contributed by atoms with Crippen LogP contribution in [0.25, 0.3) is 11.5 Å². The largest absolute Gasteiger partial charge is 0.339 e. The number of carbonyl (C=O) groups excluding carboxylic acids is 1. The summed E-state index contributed by atoms with van der Waals surface area (Å²) in [4.78, 5) is 20.3. The van der Waals surface area contributed by atoms with Gasteiger partial charge in [-0.1, -0.05) is 22.8 Å². The highest BCUT2D eigenvalue weighted by molar-refractivity contribution is 6.30. The quantitative estimate of drug-likeness (QED) is 0.776. The Kier molecular flexibility index (Phi) is 4.63. The number of anilines is 1. The van der Waals surface area contributed by atoms with Crippen molar-refractivity contribution in [2.45, 2.75) is 12.8 Å². The first-order valence-corrected chi connectivity index (χ1v) is 7.38. The molecule has 0 radical (unpaired) electrons. The van der Waals surface area contributed by atoms with Crippen LogP contribution >= 0.6 is 11.6 Å². The van der Waals surface area contributed by atoms with E-state index in [9.17, 15) is 4.79 Å². The first-order chi connectivity index (χ1) is 11.2. The van der Waals surface area contributed by atoms with Crippen molar-refractivity contribution in [3.63, 3.8) is 0 Å². The van der Waals surface area contributed by atoms with E-state index in [4.69, 9.17) is 16.1 Å². The van der Waals surface area contributed by atoms with Gasteiger partial charge >= 0.3 is 0 Å². The van der Waals surface area contributed by atoms with Gasteiger partial charge in [0, 0.05) is 29.7 Å². The van der Waals surface area contributed by atoms with E-state index in [1.54, 1.807) is 36.5 Å². The minimum absolute atomic E-state index is 0.134. The highest BCUT2D eigenvalue weighted by Gasteiger charge is 2.11. The number of pyridine rings is 1. The summed E-state index contributed by atoms with van der Waals surface area (Å²) in [5, 5.41) is 7.26. The summed E-state index contributed by atoms with van der Waals surface area (Å²) in [6.07, 6.45) is 2.26. The Bertz CT molecular complexity index is 787. The molecule has 1 amide bonds. The highest BCUT2D eigenvalue weighted by atomic mass is 35.5. The fraction of sp³-hybridized carbons (Fsp3) is 0.125. The second-order valence-electron chi connectivity index (χ2n) is 4.78. The van der Waals surface area contributed by atoms with Crippen molar-refractivity contribution >= 4 is 23.2 Å². The number of aromatic nitrogens is 3. The minimum Gasteiger partial charge on any atom is -0.339 e. The van der Waals surface area contributed by atoms with Crippen LogP contribution in [0.15, 0.2) is 53.2 Å². The summed E-state index contributed by atoms with van der Waals surface area (Å²) in [7, 11) is 0. The number of carbonyl (C=O) groups is 1. The standard InChI is InChI=1S/C16H13ClN4O2/c17-11-4-6-12(7-5-11)19-14(22)8-9-15-20-16(21-23-15)13-3-1-2-10-18-13/h1-7,10H,8-9H2,(H,19,22). The maximum absolute atomic E-state index is 11.9. The molecule has 1 aromatic carbocycles. The molecule has 0 aliphatic heterocycles. The van der Waals surface area contributed by atoms with Crippen molar-refractivity contribution in [3.8, 4) is 11.5 Å². The van der Waals surface area contributed by atoms with E-state index in [-0.39, 0.29) is 12.3 Å².